The Kier molecular flexibility index (Phi) is 5.34. The zero-order valence-corrected chi connectivity index (χ0v) is 17.5. The summed E-state index contributed by atoms with van der Waals surface area (Å²) in [5.41, 5.74) is 1.06. The fourth-order valence-electron chi connectivity index (χ4n) is 6.05. The Morgan fingerprint density at radius 2 is 1.83 bits per heavy atom. The summed E-state index contributed by atoms with van der Waals surface area (Å²) in [5, 5.41) is 11.7. The lowest BCUT2D eigenvalue weighted by molar-refractivity contribution is -0.0654. The minimum absolute atomic E-state index is 0.0927. The molecule has 3 atom stereocenters. The van der Waals surface area contributed by atoms with Gasteiger partial charge in [0.2, 0.25) is 0 Å². The van der Waals surface area contributed by atoms with Crippen molar-refractivity contribution in [1.82, 2.24) is 14.8 Å². The number of hydrogen-bond acceptors (Lipinski definition) is 4. The van der Waals surface area contributed by atoms with Gasteiger partial charge in [0.05, 0.1) is 11.2 Å². The van der Waals surface area contributed by atoms with Crippen LogP contribution < -0.4 is 0 Å². The maximum absolute atomic E-state index is 12.7. The number of carbonyl (C=O) groups is 1. The van der Waals surface area contributed by atoms with Crippen LogP contribution in [0.4, 0.5) is 0 Å². The standard InChI is InChI=1S/C25H31N3O2/c29-24(19-7-5-13-26-16-19)27-14-10-22(11-15-27)28-17-20-6-4-12-25(30,23(20)18-28)21-8-2-1-3-9-21/h1-3,5,7-9,13,16,20,22-23,30H,4,6,10-12,14-15,17-18H2/t20-,23+,25+/m0/s1. The Bertz CT molecular complexity index is 866. The molecular weight excluding hydrogens is 374 g/mol. The van der Waals surface area contributed by atoms with Crippen molar-refractivity contribution in [1.29, 1.82) is 0 Å². The van der Waals surface area contributed by atoms with Gasteiger partial charge in [0.15, 0.2) is 0 Å². The van der Waals surface area contributed by atoms with Gasteiger partial charge in [-0.15, -0.1) is 0 Å². The number of pyridine rings is 1. The Labute approximate surface area is 178 Å². The molecule has 1 aromatic carbocycles. The molecule has 2 aromatic rings. The van der Waals surface area contributed by atoms with E-state index in [1.165, 1.54) is 6.42 Å². The summed E-state index contributed by atoms with van der Waals surface area (Å²) < 4.78 is 0. The summed E-state index contributed by atoms with van der Waals surface area (Å²) in [5.74, 6) is 0.970. The van der Waals surface area contributed by atoms with Gasteiger partial charge in [-0.3, -0.25) is 14.7 Å². The minimum Gasteiger partial charge on any atom is -0.385 e. The second-order valence-corrected chi connectivity index (χ2v) is 9.27. The van der Waals surface area contributed by atoms with Crippen molar-refractivity contribution in [3.63, 3.8) is 0 Å². The molecule has 5 rings (SSSR count). The molecule has 2 aliphatic heterocycles. The van der Waals surface area contributed by atoms with Crippen LogP contribution in [0.25, 0.3) is 0 Å². The van der Waals surface area contributed by atoms with E-state index >= 15 is 0 Å². The van der Waals surface area contributed by atoms with Crippen LogP contribution in [-0.2, 0) is 5.60 Å². The highest BCUT2D eigenvalue weighted by Gasteiger charge is 2.50. The molecular formula is C25H31N3O2. The number of hydrogen-bond donors (Lipinski definition) is 1. The van der Waals surface area contributed by atoms with Crippen LogP contribution in [0.2, 0.25) is 0 Å². The number of carbonyl (C=O) groups excluding carboxylic acids is 1. The Morgan fingerprint density at radius 1 is 1.03 bits per heavy atom. The highest BCUT2D eigenvalue weighted by molar-refractivity contribution is 5.93. The molecule has 0 radical (unpaired) electrons. The van der Waals surface area contributed by atoms with E-state index < -0.39 is 5.60 Å². The van der Waals surface area contributed by atoms with Crippen molar-refractivity contribution in [2.24, 2.45) is 11.8 Å². The molecule has 158 valence electrons. The predicted octanol–water partition coefficient (Wildman–Crippen LogP) is 3.31. The van der Waals surface area contributed by atoms with Crippen LogP contribution in [-0.4, -0.2) is 58.0 Å². The third-order valence-electron chi connectivity index (χ3n) is 7.67. The third-order valence-corrected chi connectivity index (χ3v) is 7.67. The number of aliphatic hydroxyl groups is 1. The number of likely N-dealkylation sites (tertiary alicyclic amines) is 2. The van der Waals surface area contributed by atoms with Crippen molar-refractivity contribution in [2.45, 2.75) is 43.7 Å². The topological polar surface area (TPSA) is 56.7 Å². The lowest BCUT2D eigenvalue weighted by Crippen LogP contribution is -2.47. The van der Waals surface area contributed by atoms with Crippen LogP contribution in [0.15, 0.2) is 54.9 Å². The van der Waals surface area contributed by atoms with Gasteiger partial charge in [-0.2, -0.15) is 0 Å². The average Bonchev–Trinajstić information content (AvgIpc) is 3.26. The highest BCUT2D eigenvalue weighted by Crippen LogP contribution is 2.48. The van der Waals surface area contributed by atoms with E-state index in [1.807, 2.05) is 35.2 Å². The van der Waals surface area contributed by atoms with E-state index in [1.54, 1.807) is 12.4 Å². The highest BCUT2D eigenvalue weighted by atomic mass is 16.3. The number of benzene rings is 1. The fourth-order valence-corrected chi connectivity index (χ4v) is 6.05. The molecule has 0 unspecified atom stereocenters. The predicted molar refractivity (Wildman–Crippen MR) is 116 cm³/mol. The molecule has 1 amide bonds. The molecule has 1 aromatic heterocycles. The number of rotatable bonds is 3. The molecule has 1 N–H and O–H groups in total. The Balaban J connectivity index is 1.24. The number of aromatic nitrogens is 1. The molecule has 3 fully saturated rings. The Hall–Kier alpha value is -2.24. The smallest absolute Gasteiger partial charge is 0.255 e. The summed E-state index contributed by atoms with van der Waals surface area (Å²) >= 11 is 0. The maximum Gasteiger partial charge on any atom is 0.255 e. The second kappa shape index (κ2) is 8.12. The number of fused-ring (bicyclic) bond motifs is 1. The fraction of sp³-hybridized carbons (Fsp3) is 0.520. The zero-order chi connectivity index (χ0) is 20.6. The monoisotopic (exact) mass is 405 g/mol. The largest absolute Gasteiger partial charge is 0.385 e. The normalized spacial score (nSPS) is 30.2. The summed E-state index contributed by atoms with van der Waals surface area (Å²) in [7, 11) is 0. The van der Waals surface area contributed by atoms with E-state index in [9.17, 15) is 9.90 Å². The molecule has 30 heavy (non-hydrogen) atoms. The second-order valence-electron chi connectivity index (χ2n) is 9.27. The number of nitrogens with zero attached hydrogens (tertiary/aromatic N) is 3. The van der Waals surface area contributed by atoms with Crippen molar-refractivity contribution in [2.75, 3.05) is 26.2 Å². The van der Waals surface area contributed by atoms with Gasteiger partial charge < -0.3 is 10.0 Å². The van der Waals surface area contributed by atoms with Gasteiger partial charge in [-0.25, -0.2) is 0 Å². The lowest BCUT2D eigenvalue weighted by Gasteiger charge is -2.42. The quantitative estimate of drug-likeness (QED) is 0.851. The molecule has 0 spiro atoms. The van der Waals surface area contributed by atoms with Crippen molar-refractivity contribution in [3.8, 4) is 0 Å². The molecule has 2 saturated heterocycles. The first kappa shape index (κ1) is 19.7. The van der Waals surface area contributed by atoms with Crippen molar-refractivity contribution >= 4 is 5.91 Å². The van der Waals surface area contributed by atoms with Crippen LogP contribution in [0.5, 0.6) is 0 Å². The lowest BCUT2D eigenvalue weighted by atomic mass is 9.67. The van der Waals surface area contributed by atoms with Gasteiger partial charge in [0.25, 0.3) is 5.91 Å². The van der Waals surface area contributed by atoms with E-state index in [-0.39, 0.29) is 5.91 Å². The van der Waals surface area contributed by atoms with E-state index in [0.717, 1.165) is 57.4 Å². The minimum atomic E-state index is -0.699. The first-order valence-electron chi connectivity index (χ1n) is 11.4. The van der Waals surface area contributed by atoms with Gasteiger partial charge >= 0.3 is 0 Å². The molecule has 1 saturated carbocycles. The van der Waals surface area contributed by atoms with Gasteiger partial charge in [-0.05, 0) is 55.7 Å². The van der Waals surface area contributed by atoms with Crippen molar-refractivity contribution in [3.05, 3.63) is 66.0 Å². The first-order valence-corrected chi connectivity index (χ1v) is 11.4. The maximum atomic E-state index is 12.7. The summed E-state index contributed by atoms with van der Waals surface area (Å²) in [6, 6.07) is 14.5. The summed E-state index contributed by atoms with van der Waals surface area (Å²) in [6.45, 7) is 3.65. The van der Waals surface area contributed by atoms with E-state index in [2.05, 4.69) is 22.0 Å². The van der Waals surface area contributed by atoms with Crippen LogP contribution in [0.3, 0.4) is 0 Å². The van der Waals surface area contributed by atoms with Gasteiger partial charge in [0, 0.05) is 50.5 Å². The van der Waals surface area contributed by atoms with Crippen molar-refractivity contribution < 1.29 is 9.90 Å². The Morgan fingerprint density at radius 3 is 2.57 bits per heavy atom. The summed E-state index contributed by atoms with van der Waals surface area (Å²) in [6.07, 6.45) is 8.55. The van der Waals surface area contributed by atoms with E-state index in [4.69, 9.17) is 0 Å². The molecule has 3 aliphatic rings. The van der Waals surface area contributed by atoms with Gasteiger partial charge in [0.1, 0.15) is 0 Å². The average molecular weight is 406 g/mol. The third kappa shape index (κ3) is 3.54. The van der Waals surface area contributed by atoms with Crippen LogP contribution >= 0.6 is 0 Å². The molecule has 1 aliphatic carbocycles. The molecule has 0 bridgehead atoms. The molecule has 5 heteroatoms. The summed E-state index contributed by atoms with van der Waals surface area (Å²) in [4.78, 5) is 21.4. The number of amides is 1. The molecule has 3 heterocycles. The molecule has 5 nitrogen and oxygen atoms in total. The first-order chi connectivity index (χ1) is 14.6. The zero-order valence-electron chi connectivity index (χ0n) is 17.5. The van der Waals surface area contributed by atoms with E-state index in [0.29, 0.717) is 23.4 Å². The number of piperidine rings is 1. The SMILES string of the molecule is O=C(c1cccnc1)N1CCC(N2C[C@@H]3CCC[C@@](O)(c4ccccc4)[C@@H]3C2)CC1. The van der Waals surface area contributed by atoms with Gasteiger partial charge in [-0.1, -0.05) is 30.3 Å². The van der Waals surface area contributed by atoms with Crippen LogP contribution in [0.1, 0.15) is 48.0 Å². The van der Waals surface area contributed by atoms with Crippen LogP contribution in [0, 0.1) is 11.8 Å².